The summed E-state index contributed by atoms with van der Waals surface area (Å²) < 4.78 is 0. The molecular formula is C21H20N4O. The summed E-state index contributed by atoms with van der Waals surface area (Å²) in [5.74, 6) is 0.126. The fourth-order valence-corrected chi connectivity index (χ4v) is 2.90. The molecule has 2 aromatic rings. The number of rotatable bonds is 4. The summed E-state index contributed by atoms with van der Waals surface area (Å²) in [5, 5.41) is 14.8. The molecule has 5 nitrogen and oxygen atoms in total. The van der Waals surface area contributed by atoms with E-state index < -0.39 is 0 Å². The van der Waals surface area contributed by atoms with Gasteiger partial charge in [0.05, 0.1) is 0 Å². The van der Waals surface area contributed by atoms with Gasteiger partial charge in [0.1, 0.15) is 11.7 Å². The van der Waals surface area contributed by atoms with Crippen molar-refractivity contribution in [2.24, 2.45) is 11.5 Å². The zero-order chi connectivity index (χ0) is 18.7. The van der Waals surface area contributed by atoms with Crippen molar-refractivity contribution in [1.29, 1.82) is 10.8 Å². The third-order valence-electron chi connectivity index (χ3n) is 4.37. The Hall–Kier alpha value is -3.47. The van der Waals surface area contributed by atoms with Gasteiger partial charge in [-0.05, 0) is 36.1 Å². The highest BCUT2D eigenvalue weighted by Gasteiger charge is 2.22. The minimum absolute atomic E-state index is 0.0298. The molecule has 2 aromatic carbocycles. The highest BCUT2D eigenvalue weighted by molar-refractivity contribution is 6.15. The Labute approximate surface area is 152 Å². The molecule has 5 heteroatoms. The molecule has 0 saturated heterocycles. The maximum atomic E-state index is 12.6. The molecule has 1 aliphatic carbocycles. The van der Waals surface area contributed by atoms with Gasteiger partial charge in [-0.15, -0.1) is 0 Å². The highest BCUT2D eigenvalue weighted by atomic mass is 16.1. The number of hydrogen-bond donors (Lipinski definition) is 4. The number of amidine groups is 2. The van der Waals surface area contributed by atoms with Crippen LogP contribution in [0.25, 0.3) is 12.2 Å². The molecular weight excluding hydrogens is 324 g/mol. The number of allylic oxidation sites excluding steroid dienone is 2. The second-order valence-electron chi connectivity index (χ2n) is 6.24. The lowest BCUT2D eigenvalue weighted by Gasteiger charge is -2.01. The molecule has 0 unspecified atom stereocenters. The number of nitrogen functional groups attached to an aromatic ring is 2. The van der Waals surface area contributed by atoms with Crippen LogP contribution in [-0.4, -0.2) is 17.5 Å². The lowest BCUT2D eigenvalue weighted by atomic mass is 10.0. The molecule has 0 atom stereocenters. The standard InChI is InChI=1S/C21H20N4O/c22-20(23)15-5-1-13(2-6-15)11-17-9-10-18(19(17)26)12-14-3-7-16(8-4-14)21(24)25/h1-8,11-12H,9-10H2,(H3,22,23)(H3,24,25)/b17-11+,18-12+. The van der Waals surface area contributed by atoms with Crippen LogP contribution in [0, 0.1) is 10.8 Å². The van der Waals surface area contributed by atoms with Crippen LogP contribution in [0.1, 0.15) is 35.1 Å². The Balaban J connectivity index is 1.78. The van der Waals surface area contributed by atoms with Gasteiger partial charge in [0, 0.05) is 22.3 Å². The van der Waals surface area contributed by atoms with E-state index in [0.29, 0.717) is 24.0 Å². The molecule has 130 valence electrons. The van der Waals surface area contributed by atoms with Gasteiger partial charge in [-0.25, -0.2) is 0 Å². The van der Waals surface area contributed by atoms with Crippen molar-refractivity contribution in [3.05, 3.63) is 81.9 Å². The summed E-state index contributed by atoms with van der Waals surface area (Å²) in [6, 6.07) is 14.6. The number of nitrogens with two attached hydrogens (primary N) is 2. The minimum atomic E-state index is 0.0298. The molecule has 0 bridgehead atoms. The second-order valence-corrected chi connectivity index (χ2v) is 6.24. The summed E-state index contributed by atoms with van der Waals surface area (Å²) in [5.41, 5.74) is 15.7. The lowest BCUT2D eigenvalue weighted by Crippen LogP contribution is -2.10. The van der Waals surface area contributed by atoms with Gasteiger partial charge in [0.15, 0.2) is 5.78 Å². The molecule has 26 heavy (non-hydrogen) atoms. The molecule has 0 spiro atoms. The van der Waals surface area contributed by atoms with Crippen LogP contribution in [0.4, 0.5) is 0 Å². The molecule has 0 aliphatic heterocycles. The predicted molar refractivity (Wildman–Crippen MR) is 105 cm³/mol. The van der Waals surface area contributed by atoms with Gasteiger partial charge in [0.2, 0.25) is 0 Å². The number of Topliss-reactive ketones (excluding diaryl/α,β-unsaturated/α-hetero) is 1. The monoisotopic (exact) mass is 344 g/mol. The predicted octanol–water partition coefficient (Wildman–Crippen LogP) is 3.08. The van der Waals surface area contributed by atoms with Crippen LogP contribution >= 0.6 is 0 Å². The van der Waals surface area contributed by atoms with E-state index >= 15 is 0 Å². The summed E-state index contributed by atoms with van der Waals surface area (Å²) in [7, 11) is 0. The number of nitrogens with one attached hydrogen (secondary N) is 2. The van der Waals surface area contributed by atoms with E-state index in [0.717, 1.165) is 22.3 Å². The molecule has 1 fully saturated rings. The van der Waals surface area contributed by atoms with Gasteiger partial charge in [0.25, 0.3) is 0 Å². The average molecular weight is 344 g/mol. The van der Waals surface area contributed by atoms with Crippen LogP contribution in [0.5, 0.6) is 0 Å². The SMILES string of the molecule is N=C(N)c1ccc(/C=C2\CC/C(=C\c3ccc(C(=N)N)cc3)C2=O)cc1. The zero-order valence-corrected chi connectivity index (χ0v) is 14.3. The lowest BCUT2D eigenvalue weighted by molar-refractivity contribution is -0.111. The van der Waals surface area contributed by atoms with Gasteiger partial charge in [-0.3, -0.25) is 15.6 Å². The third-order valence-corrected chi connectivity index (χ3v) is 4.37. The largest absolute Gasteiger partial charge is 0.384 e. The van der Waals surface area contributed by atoms with Crippen molar-refractivity contribution in [1.82, 2.24) is 0 Å². The molecule has 1 saturated carbocycles. The Morgan fingerprint density at radius 1 is 0.731 bits per heavy atom. The van der Waals surface area contributed by atoms with E-state index in [9.17, 15) is 4.79 Å². The van der Waals surface area contributed by atoms with E-state index in [1.807, 2.05) is 36.4 Å². The van der Waals surface area contributed by atoms with Crippen molar-refractivity contribution in [3.63, 3.8) is 0 Å². The summed E-state index contributed by atoms with van der Waals surface area (Å²) >= 11 is 0. The number of benzene rings is 2. The van der Waals surface area contributed by atoms with Gasteiger partial charge < -0.3 is 11.5 Å². The fourth-order valence-electron chi connectivity index (χ4n) is 2.90. The van der Waals surface area contributed by atoms with E-state index in [1.165, 1.54) is 0 Å². The number of carbonyl (C=O) groups excluding carboxylic acids is 1. The van der Waals surface area contributed by atoms with E-state index in [2.05, 4.69) is 0 Å². The van der Waals surface area contributed by atoms with Crippen LogP contribution in [0.15, 0.2) is 59.7 Å². The van der Waals surface area contributed by atoms with Crippen molar-refractivity contribution < 1.29 is 4.79 Å². The van der Waals surface area contributed by atoms with Crippen LogP contribution in [0.2, 0.25) is 0 Å². The van der Waals surface area contributed by atoms with Crippen molar-refractivity contribution in [3.8, 4) is 0 Å². The molecule has 0 heterocycles. The summed E-state index contributed by atoms with van der Waals surface area (Å²) in [6.07, 6.45) is 5.22. The van der Waals surface area contributed by atoms with Crippen LogP contribution < -0.4 is 11.5 Å². The number of carbonyl (C=O) groups is 1. The molecule has 1 aliphatic rings. The number of hydrogen-bond acceptors (Lipinski definition) is 3. The quantitative estimate of drug-likeness (QED) is 0.388. The normalized spacial score (nSPS) is 17.0. The fraction of sp³-hybridized carbons (Fsp3) is 0.0952. The smallest absolute Gasteiger partial charge is 0.185 e. The minimum Gasteiger partial charge on any atom is -0.384 e. The Bertz CT molecular complexity index is 857. The first-order valence-corrected chi connectivity index (χ1v) is 8.29. The second kappa shape index (κ2) is 7.19. The molecule has 3 rings (SSSR count). The number of ketones is 1. The highest BCUT2D eigenvalue weighted by Crippen LogP contribution is 2.29. The van der Waals surface area contributed by atoms with Crippen molar-refractivity contribution >= 4 is 29.6 Å². The Morgan fingerprint density at radius 2 is 1.08 bits per heavy atom. The third kappa shape index (κ3) is 3.78. The van der Waals surface area contributed by atoms with Crippen molar-refractivity contribution in [2.45, 2.75) is 12.8 Å². The first-order chi connectivity index (χ1) is 12.4. The average Bonchev–Trinajstić information content (AvgIpc) is 2.96. The summed E-state index contributed by atoms with van der Waals surface area (Å²) in [4.78, 5) is 12.6. The summed E-state index contributed by atoms with van der Waals surface area (Å²) in [6.45, 7) is 0. The van der Waals surface area contributed by atoms with Crippen LogP contribution in [-0.2, 0) is 4.79 Å². The molecule has 0 aromatic heterocycles. The van der Waals surface area contributed by atoms with Crippen LogP contribution in [0.3, 0.4) is 0 Å². The Morgan fingerprint density at radius 3 is 1.38 bits per heavy atom. The van der Waals surface area contributed by atoms with E-state index in [-0.39, 0.29) is 17.5 Å². The molecule has 0 radical (unpaired) electrons. The van der Waals surface area contributed by atoms with E-state index in [4.69, 9.17) is 22.3 Å². The first-order valence-electron chi connectivity index (χ1n) is 8.29. The maximum Gasteiger partial charge on any atom is 0.185 e. The maximum absolute atomic E-state index is 12.6. The Kier molecular flexibility index (Phi) is 4.80. The molecule has 6 N–H and O–H groups in total. The van der Waals surface area contributed by atoms with Gasteiger partial charge in [-0.1, -0.05) is 48.5 Å². The van der Waals surface area contributed by atoms with Gasteiger partial charge in [-0.2, -0.15) is 0 Å². The van der Waals surface area contributed by atoms with Gasteiger partial charge >= 0.3 is 0 Å². The first kappa shape index (κ1) is 17.4. The van der Waals surface area contributed by atoms with E-state index in [1.54, 1.807) is 24.3 Å². The topological polar surface area (TPSA) is 117 Å². The zero-order valence-electron chi connectivity index (χ0n) is 14.3. The van der Waals surface area contributed by atoms with Crippen molar-refractivity contribution in [2.75, 3.05) is 0 Å². The molecule has 0 amide bonds.